The molecule has 0 fully saturated rings. The summed E-state index contributed by atoms with van der Waals surface area (Å²) in [5.41, 5.74) is 2.78. The number of esters is 1. The second kappa shape index (κ2) is 10.7. The zero-order valence-corrected chi connectivity index (χ0v) is 17.9. The van der Waals surface area contributed by atoms with Crippen molar-refractivity contribution in [1.82, 2.24) is 0 Å². The number of nitrogens with one attached hydrogen (secondary N) is 1. The number of benzene rings is 3. The Morgan fingerprint density at radius 2 is 1.73 bits per heavy atom. The average molecular weight is 442 g/mol. The number of carbonyl (C=O) groups excluding carboxylic acids is 1. The first-order valence-electron chi connectivity index (χ1n) is 9.43. The number of anilines is 1. The summed E-state index contributed by atoms with van der Waals surface area (Å²) in [5, 5.41) is 4.04. The monoisotopic (exact) mass is 441 g/mol. The Labute approximate surface area is 186 Å². The van der Waals surface area contributed by atoms with Crippen molar-refractivity contribution < 1.29 is 14.3 Å². The highest BCUT2D eigenvalue weighted by atomic mass is 35.5. The third-order valence-electron chi connectivity index (χ3n) is 4.21. The molecule has 3 aromatic carbocycles. The number of carbonyl (C=O) groups is 1. The summed E-state index contributed by atoms with van der Waals surface area (Å²) in [6.45, 7) is 2.51. The minimum Gasteiger partial charge on any atom is -0.489 e. The normalized spacial score (nSPS) is 11.1. The van der Waals surface area contributed by atoms with E-state index < -0.39 is 5.97 Å². The molecular weight excluding hydrogens is 421 g/mol. The van der Waals surface area contributed by atoms with Crippen molar-refractivity contribution in [2.24, 2.45) is 0 Å². The van der Waals surface area contributed by atoms with E-state index in [2.05, 4.69) is 5.32 Å². The van der Waals surface area contributed by atoms with Gasteiger partial charge in [0, 0.05) is 11.2 Å². The maximum absolute atomic E-state index is 12.5. The van der Waals surface area contributed by atoms with Crippen LogP contribution in [0, 0.1) is 0 Å². The molecule has 154 valence electrons. The molecule has 0 amide bonds. The van der Waals surface area contributed by atoms with Crippen molar-refractivity contribution in [2.75, 3.05) is 11.9 Å². The number of hydrogen-bond acceptors (Lipinski definition) is 4. The summed E-state index contributed by atoms with van der Waals surface area (Å²) in [6, 6.07) is 22.3. The fourth-order valence-corrected chi connectivity index (χ4v) is 3.16. The Bertz CT molecular complexity index is 1020. The van der Waals surface area contributed by atoms with Gasteiger partial charge in [-0.05, 0) is 48.4 Å². The van der Waals surface area contributed by atoms with Gasteiger partial charge in [-0.25, -0.2) is 4.79 Å². The van der Waals surface area contributed by atoms with Gasteiger partial charge in [0.15, 0.2) is 0 Å². The van der Waals surface area contributed by atoms with E-state index in [0.29, 0.717) is 39.2 Å². The van der Waals surface area contributed by atoms with E-state index in [4.69, 9.17) is 32.7 Å². The molecule has 0 aromatic heterocycles. The van der Waals surface area contributed by atoms with Crippen molar-refractivity contribution in [2.45, 2.75) is 13.5 Å². The molecule has 0 aliphatic rings. The van der Waals surface area contributed by atoms with Crippen LogP contribution in [0.25, 0.3) is 5.57 Å². The van der Waals surface area contributed by atoms with Gasteiger partial charge in [0.05, 0.1) is 22.9 Å². The van der Waals surface area contributed by atoms with Gasteiger partial charge in [-0.15, -0.1) is 0 Å². The summed E-state index contributed by atoms with van der Waals surface area (Å²) in [5.74, 6) is 0.271. The SMILES string of the molecule is CCOC(=O)/C(=C/Nc1ccc(Cl)cc1Cl)c1ccc(OCc2ccccc2)cc1. The lowest BCUT2D eigenvalue weighted by atomic mass is 10.1. The predicted molar refractivity (Wildman–Crippen MR) is 122 cm³/mol. The summed E-state index contributed by atoms with van der Waals surface area (Å²) in [7, 11) is 0. The quantitative estimate of drug-likeness (QED) is 0.316. The highest BCUT2D eigenvalue weighted by Gasteiger charge is 2.14. The van der Waals surface area contributed by atoms with Crippen LogP contribution in [-0.4, -0.2) is 12.6 Å². The van der Waals surface area contributed by atoms with Crippen LogP contribution in [0.15, 0.2) is 79.0 Å². The largest absolute Gasteiger partial charge is 0.489 e. The molecule has 4 nitrogen and oxygen atoms in total. The molecule has 3 aromatic rings. The van der Waals surface area contributed by atoms with Gasteiger partial charge in [0.1, 0.15) is 12.4 Å². The van der Waals surface area contributed by atoms with Gasteiger partial charge >= 0.3 is 5.97 Å². The van der Waals surface area contributed by atoms with Crippen molar-refractivity contribution in [1.29, 1.82) is 0 Å². The van der Waals surface area contributed by atoms with Crippen LogP contribution in [0.5, 0.6) is 5.75 Å². The lowest BCUT2D eigenvalue weighted by Gasteiger charge is -2.11. The summed E-state index contributed by atoms with van der Waals surface area (Å²) >= 11 is 12.1. The second-order valence-corrected chi connectivity index (χ2v) is 7.19. The van der Waals surface area contributed by atoms with Crippen LogP contribution in [-0.2, 0) is 16.1 Å². The molecule has 0 radical (unpaired) electrons. The molecule has 1 N–H and O–H groups in total. The van der Waals surface area contributed by atoms with E-state index in [-0.39, 0.29) is 6.61 Å². The van der Waals surface area contributed by atoms with Crippen molar-refractivity contribution in [3.05, 3.63) is 100 Å². The first-order valence-corrected chi connectivity index (χ1v) is 10.2. The summed E-state index contributed by atoms with van der Waals surface area (Å²) in [6.07, 6.45) is 1.58. The molecule has 0 spiro atoms. The molecule has 0 aliphatic heterocycles. The summed E-state index contributed by atoms with van der Waals surface area (Å²) in [4.78, 5) is 12.5. The first kappa shape index (κ1) is 21.8. The third kappa shape index (κ3) is 6.02. The fraction of sp³-hybridized carbons (Fsp3) is 0.125. The van der Waals surface area contributed by atoms with Gasteiger partial charge in [-0.1, -0.05) is 65.7 Å². The standard InChI is InChI=1S/C24H21Cl2NO3/c1-2-29-24(28)21(15-27-23-13-10-19(25)14-22(23)26)18-8-11-20(12-9-18)30-16-17-6-4-3-5-7-17/h3-15,27H,2,16H2,1H3/b21-15+. The maximum atomic E-state index is 12.5. The molecule has 0 atom stereocenters. The van der Waals surface area contributed by atoms with E-state index >= 15 is 0 Å². The van der Waals surface area contributed by atoms with Gasteiger partial charge in [0.25, 0.3) is 0 Å². The topological polar surface area (TPSA) is 47.6 Å². The molecule has 0 saturated heterocycles. The number of halogens is 2. The van der Waals surface area contributed by atoms with Crippen LogP contribution < -0.4 is 10.1 Å². The average Bonchev–Trinajstić information content (AvgIpc) is 2.75. The summed E-state index contributed by atoms with van der Waals surface area (Å²) < 4.78 is 11.0. The van der Waals surface area contributed by atoms with E-state index in [1.165, 1.54) is 0 Å². The number of rotatable bonds is 8. The van der Waals surface area contributed by atoms with Crippen molar-refractivity contribution in [3.63, 3.8) is 0 Å². The van der Waals surface area contributed by atoms with E-state index in [0.717, 1.165) is 5.56 Å². The highest BCUT2D eigenvalue weighted by molar-refractivity contribution is 6.36. The Hall–Kier alpha value is -2.95. The molecule has 0 saturated carbocycles. The molecule has 0 aliphatic carbocycles. The van der Waals surface area contributed by atoms with E-state index in [1.54, 1.807) is 31.3 Å². The van der Waals surface area contributed by atoms with Gasteiger partial charge in [0.2, 0.25) is 0 Å². The van der Waals surface area contributed by atoms with Gasteiger partial charge in [-0.2, -0.15) is 0 Å². The Morgan fingerprint density at radius 3 is 2.40 bits per heavy atom. The van der Waals surface area contributed by atoms with E-state index in [9.17, 15) is 4.79 Å². The third-order valence-corrected chi connectivity index (χ3v) is 4.76. The minimum absolute atomic E-state index is 0.274. The molecule has 30 heavy (non-hydrogen) atoms. The number of hydrogen-bond donors (Lipinski definition) is 1. The smallest absolute Gasteiger partial charge is 0.340 e. The number of ether oxygens (including phenoxy) is 2. The Kier molecular flexibility index (Phi) is 7.77. The molecule has 3 rings (SSSR count). The predicted octanol–water partition coefficient (Wildman–Crippen LogP) is 6.59. The first-order chi connectivity index (χ1) is 14.6. The van der Waals surface area contributed by atoms with Crippen molar-refractivity contribution in [3.8, 4) is 5.75 Å². The zero-order chi connectivity index (χ0) is 21.3. The van der Waals surface area contributed by atoms with Crippen LogP contribution in [0.3, 0.4) is 0 Å². The van der Waals surface area contributed by atoms with Gasteiger partial charge < -0.3 is 14.8 Å². The maximum Gasteiger partial charge on any atom is 0.340 e. The lowest BCUT2D eigenvalue weighted by Crippen LogP contribution is -2.08. The molecule has 6 heteroatoms. The van der Waals surface area contributed by atoms with Crippen LogP contribution in [0.2, 0.25) is 10.0 Å². The van der Waals surface area contributed by atoms with E-state index in [1.807, 2.05) is 54.6 Å². The van der Waals surface area contributed by atoms with Crippen LogP contribution in [0.4, 0.5) is 5.69 Å². The minimum atomic E-state index is -0.437. The fourth-order valence-electron chi connectivity index (χ4n) is 2.70. The van der Waals surface area contributed by atoms with Crippen LogP contribution in [0.1, 0.15) is 18.1 Å². The zero-order valence-electron chi connectivity index (χ0n) is 16.4. The molecule has 0 heterocycles. The van der Waals surface area contributed by atoms with Gasteiger partial charge in [-0.3, -0.25) is 0 Å². The molecule has 0 unspecified atom stereocenters. The Balaban J connectivity index is 1.76. The Morgan fingerprint density at radius 1 is 1.00 bits per heavy atom. The van der Waals surface area contributed by atoms with Crippen LogP contribution >= 0.6 is 23.2 Å². The molecule has 0 bridgehead atoms. The second-order valence-electron chi connectivity index (χ2n) is 6.35. The lowest BCUT2D eigenvalue weighted by molar-refractivity contribution is -0.136. The highest BCUT2D eigenvalue weighted by Crippen LogP contribution is 2.27. The van der Waals surface area contributed by atoms with Crippen molar-refractivity contribution >= 4 is 40.4 Å². The molecular formula is C24H21Cl2NO3.